The smallest absolute Gasteiger partial charge is 0.306 e. The lowest BCUT2D eigenvalue weighted by atomic mass is 10.4. The maximum Gasteiger partial charge on any atom is 0.390 e. The summed E-state index contributed by atoms with van der Waals surface area (Å²) in [4.78, 5) is 0. The molecule has 0 heterocycles. The first kappa shape index (κ1) is 10.3. The highest BCUT2D eigenvalue weighted by molar-refractivity contribution is 4.96. The summed E-state index contributed by atoms with van der Waals surface area (Å²) in [5, 5.41) is 2.55. The minimum Gasteiger partial charge on any atom is -0.306 e. The summed E-state index contributed by atoms with van der Waals surface area (Å²) in [5.41, 5.74) is 0. The molecular formula is C7H10F3N. The Kier molecular flexibility index (Phi) is 4.71. The van der Waals surface area contributed by atoms with Crippen molar-refractivity contribution in [2.45, 2.75) is 19.5 Å². The molecule has 0 aromatic rings. The molecule has 1 nitrogen and oxygen atoms in total. The van der Waals surface area contributed by atoms with Gasteiger partial charge in [0.2, 0.25) is 0 Å². The fourth-order valence-corrected chi connectivity index (χ4v) is 0.469. The molecule has 0 fully saturated rings. The summed E-state index contributed by atoms with van der Waals surface area (Å²) >= 11 is 0. The number of hydrogen-bond donors (Lipinski definition) is 1. The average Bonchev–Trinajstić information content (AvgIpc) is 1.85. The molecule has 0 atom stereocenters. The lowest BCUT2D eigenvalue weighted by Crippen LogP contribution is -2.21. The van der Waals surface area contributed by atoms with Gasteiger partial charge in [0.15, 0.2) is 0 Å². The van der Waals surface area contributed by atoms with E-state index in [4.69, 9.17) is 0 Å². The van der Waals surface area contributed by atoms with Crippen LogP contribution in [0.25, 0.3) is 0 Å². The number of nitrogens with one attached hydrogen (secondary N) is 1. The predicted octanol–water partition coefficient (Wildman–Crippen LogP) is 1.55. The molecule has 64 valence electrons. The standard InChI is InChI=1S/C7H10F3N/c1-2-3-5-11-6-4-7(8,9)10/h11H,4-6H2,1H3. The van der Waals surface area contributed by atoms with Gasteiger partial charge >= 0.3 is 6.18 Å². The van der Waals surface area contributed by atoms with Crippen LogP contribution in [0, 0.1) is 11.8 Å². The van der Waals surface area contributed by atoms with Crippen LogP contribution in [-0.2, 0) is 0 Å². The molecule has 0 aromatic carbocycles. The van der Waals surface area contributed by atoms with Crippen molar-refractivity contribution < 1.29 is 13.2 Å². The van der Waals surface area contributed by atoms with Crippen LogP contribution in [0.3, 0.4) is 0 Å². The van der Waals surface area contributed by atoms with E-state index in [2.05, 4.69) is 17.2 Å². The highest BCUT2D eigenvalue weighted by atomic mass is 19.4. The minimum absolute atomic E-state index is 0.0574. The van der Waals surface area contributed by atoms with Crippen molar-refractivity contribution in [3.8, 4) is 11.8 Å². The van der Waals surface area contributed by atoms with Crippen molar-refractivity contribution in [1.29, 1.82) is 0 Å². The van der Waals surface area contributed by atoms with Crippen LogP contribution in [0.4, 0.5) is 13.2 Å². The second-order valence-corrected chi connectivity index (χ2v) is 1.97. The van der Waals surface area contributed by atoms with Gasteiger partial charge in [-0.05, 0) is 6.92 Å². The summed E-state index contributed by atoms with van der Waals surface area (Å²) in [6.07, 6.45) is -4.86. The van der Waals surface area contributed by atoms with Gasteiger partial charge < -0.3 is 5.32 Å². The van der Waals surface area contributed by atoms with E-state index >= 15 is 0 Å². The van der Waals surface area contributed by atoms with Crippen LogP contribution in [0.2, 0.25) is 0 Å². The molecule has 0 amide bonds. The molecule has 0 spiro atoms. The number of halogens is 3. The number of alkyl halides is 3. The molecule has 0 saturated heterocycles. The molecule has 0 saturated carbocycles. The van der Waals surface area contributed by atoms with Crippen LogP contribution in [0.1, 0.15) is 13.3 Å². The Labute approximate surface area is 64.0 Å². The normalized spacial score (nSPS) is 10.5. The van der Waals surface area contributed by atoms with E-state index in [1.807, 2.05) is 0 Å². The van der Waals surface area contributed by atoms with Gasteiger partial charge in [0.05, 0.1) is 13.0 Å². The summed E-state index contributed by atoms with van der Waals surface area (Å²) in [6, 6.07) is 0. The van der Waals surface area contributed by atoms with Crippen molar-refractivity contribution in [3.05, 3.63) is 0 Å². The van der Waals surface area contributed by atoms with Gasteiger partial charge in [-0.15, -0.1) is 5.92 Å². The van der Waals surface area contributed by atoms with Gasteiger partial charge in [-0.3, -0.25) is 0 Å². The SMILES string of the molecule is CC#CCNCCC(F)(F)F. The highest BCUT2D eigenvalue weighted by Gasteiger charge is 2.25. The molecule has 11 heavy (non-hydrogen) atoms. The lowest BCUT2D eigenvalue weighted by molar-refractivity contribution is -0.133. The Hall–Kier alpha value is -0.690. The summed E-state index contributed by atoms with van der Waals surface area (Å²) in [6.45, 7) is 1.91. The molecule has 0 unspecified atom stereocenters. The van der Waals surface area contributed by atoms with Gasteiger partial charge in [0.25, 0.3) is 0 Å². The van der Waals surface area contributed by atoms with Crippen molar-refractivity contribution in [2.75, 3.05) is 13.1 Å². The molecule has 0 aliphatic rings. The fourth-order valence-electron chi connectivity index (χ4n) is 0.469. The maximum atomic E-state index is 11.5. The molecule has 0 radical (unpaired) electrons. The predicted molar refractivity (Wildman–Crippen MR) is 37.0 cm³/mol. The zero-order valence-corrected chi connectivity index (χ0v) is 6.26. The van der Waals surface area contributed by atoms with E-state index in [9.17, 15) is 13.2 Å². The molecule has 0 aliphatic carbocycles. The third kappa shape index (κ3) is 9.31. The van der Waals surface area contributed by atoms with Crippen molar-refractivity contribution in [3.63, 3.8) is 0 Å². The first-order valence-electron chi connectivity index (χ1n) is 3.23. The monoisotopic (exact) mass is 165 g/mol. The van der Waals surface area contributed by atoms with Crippen LogP contribution < -0.4 is 5.32 Å². The summed E-state index contributed by atoms with van der Waals surface area (Å²) in [7, 11) is 0. The summed E-state index contributed by atoms with van der Waals surface area (Å²) < 4.78 is 34.5. The van der Waals surface area contributed by atoms with Gasteiger partial charge in [-0.25, -0.2) is 0 Å². The molecule has 4 heteroatoms. The molecule has 0 bridgehead atoms. The van der Waals surface area contributed by atoms with Crippen molar-refractivity contribution >= 4 is 0 Å². The molecule has 1 N–H and O–H groups in total. The van der Waals surface area contributed by atoms with Gasteiger partial charge in [-0.1, -0.05) is 5.92 Å². The Morgan fingerprint density at radius 1 is 1.36 bits per heavy atom. The minimum atomic E-state index is -4.06. The molecular weight excluding hydrogens is 155 g/mol. The largest absolute Gasteiger partial charge is 0.390 e. The number of hydrogen-bond acceptors (Lipinski definition) is 1. The van der Waals surface area contributed by atoms with Crippen LogP contribution in [0.5, 0.6) is 0 Å². The van der Waals surface area contributed by atoms with E-state index < -0.39 is 12.6 Å². The van der Waals surface area contributed by atoms with Crippen molar-refractivity contribution in [1.82, 2.24) is 5.32 Å². The first-order valence-corrected chi connectivity index (χ1v) is 3.23. The third-order valence-corrected chi connectivity index (χ3v) is 0.975. The molecule has 0 rings (SSSR count). The van der Waals surface area contributed by atoms with E-state index in [1.54, 1.807) is 6.92 Å². The lowest BCUT2D eigenvalue weighted by Gasteiger charge is -2.04. The first-order chi connectivity index (χ1) is 5.06. The average molecular weight is 165 g/mol. The second kappa shape index (κ2) is 5.03. The van der Waals surface area contributed by atoms with Gasteiger partial charge in [-0.2, -0.15) is 13.2 Å². The zero-order valence-electron chi connectivity index (χ0n) is 6.26. The van der Waals surface area contributed by atoms with E-state index in [0.29, 0.717) is 6.54 Å². The number of rotatable bonds is 3. The van der Waals surface area contributed by atoms with Crippen LogP contribution >= 0.6 is 0 Å². The quantitative estimate of drug-likeness (QED) is 0.494. The van der Waals surface area contributed by atoms with E-state index in [0.717, 1.165) is 0 Å². The zero-order chi connectivity index (χ0) is 8.74. The maximum absolute atomic E-state index is 11.5. The fraction of sp³-hybridized carbons (Fsp3) is 0.714. The van der Waals surface area contributed by atoms with E-state index in [-0.39, 0.29) is 6.54 Å². The van der Waals surface area contributed by atoms with E-state index in [1.165, 1.54) is 0 Å². The molecule has 0 aromatic heterocycles. The van der Waals surface area contributed by atoms with Gasteiger partial charge in [0.1, 0.15) is 0 Å². The topological polar surface area (TPSA) is 12.0 Å². The third-order valence-electron chi connectivity index (χ3n) is 0.975. The highest BCUT2D eigenvalue weighted by Crippen LogP contribution is 2.17. The van der Waals surface area contributed by atoms with Crippen LogP contribution in [0.15, 0.2) is 0 Å². The Morgan fingerprint density at radius 3 is 2.45 bits per heavy atom. The Morgan fingerprint density at radius 2 is 2.00 bits per heavy atom. The van der Waals surface area contributed by atoms with Crippen LogP contribution in [-0.4, -0.2) is 19.3 Å². The van der Waals surface area contributed by atoms with Gasteiger partial charge in [0, 0.05) is 6.54 Å². The second-order valence-electron chi connectivity index (χ2n) is 1.97. The van der Waals surface area contributed by atoms with Crippen molar-refractivity contribution in [2.24, 2.45) is 0 Å². The summed E-state index contributed by atoms with van der Waals surface area (Å²) in [5.74, 6) is 5.18. The Balaban J connectivity index is 3.19. The molecule has 0 aliphatic heterocycles. The Bertz CT molecular complexity index is 151.